The third kappa shape index (κ3) is 1.41. The summed E-state index contributed by atoms with van der Waals surface area (Å²) in [5.74, 6) is 0. The van der Waals surface area contributed by atoms with Crippen molar-refractivity contribution in [2.75, 3.05) is 0 Å². The van der Waals surface area contributed by atoms with Gasteiger partial charge in [-0.2, -0.15) is 0 Å². The van der Waals surface area contributed by atoms with Crippen LogP contribution in [-0.4, -0.2) is 11.8 Å². The van der Waals surface area contributed by atoms with Crippen LogP contribution in [0.4, 0.5) is 0 Å². The number of aliphatic imine (C=N–C) groups is 1. The highest BCUT2D eigenvalue weighted by Gasteiger charge is 2.13. The molecule has 1 nitrogen and oxygen atoms in total. The van der Waals surface area contributed by atoms with Crippen LogP contribution in [-0.2, 0) is 0 Å². The molecule has 0 bridgehead atoms. The Balaban J connectivity index is 2.57. The molecule has 50 valence electrons. The van der Waals surface area contributed by atoms with Crippen molar-refractivity contribution in [3.05, 3.63) is 12.2 Å². The summed E-state index contributed by atoms with van der Waals surface area (Å²) in [6, 6.07) is 0.435. The number of hydrogen-bond acceptors (Lipinski definition) is 1. The van der Waals surface area contributed by atoms with Gasteiger partial charge in [0.15, 0.2) is 0 Å². The first-order valence-electron chi connectivity index (χ1n) is 3.39. The standard InChI is InChI=1S/C8H13N/c1-6(2)8-5-4-7(3)9-8/h8H,1,4-5H2,2-3H3. The van der Waals surface area contributed by atoms with Crippen LogP contribution in [0.15, 0.2) is 17.1 Å². The molecule has 0 radical (unpaired) electrons. The van der Waals surface area contributed by atoms with Gasteiger partial charge in [-0.1, -0.05) is 12.2 Å². The first-order valence-corrected chi connectivity index (χ1v) is 3.39. The Morgan fingerprint density at radius 3 is 2.67 bits per heavy atom. The monoisotopic (exact) mass is 123 g/mol. The molecule has 0 N–H and O–H groups in total. The van der Waals surface area contributed by atoms with Crippen molar-refractivity contribution in [3.63, 3.8) is 0 Å². The largest absolute Gasteiger partial charge is 0.287 e. The smallest absolute Gasteiger partial charge is 0.0706 e. The van der Waals surface area contributed by atoms with Crippen LogP contribution in [0.3, 0.4) is 0 Å². The highest BCUT2D eigenvalue weighted by atomic mass is 14.8. The van der Waals surface area contributed by atoms with E-state index in [1.807, 2.05) is 6.92 Å². The second-order valence-electron chi connectivity index (χ2n) is 2.77. The number of nitrogens with zero attached hydrogens (tertiary/aromatic N) is 1. The van der Waals surface area contributed by atoms with Gasteiger partial charge in [-0.3, -0.25) is 4.99 Å². The molecule has 0 spiro atoms. The highest BCUT2D eigenvalue weighted by Crippen LogP contribution is 2.18. The minimum Gasteiger partial charge on any atom is -0.287 e. The van der Waals surface area contributed by atoms with Crippen molar-refractivity contribution in [3.8, 4) is 0 Å². The van der Waals surface area contributed by atoms with Gasteiger partial charge in [-0.15, -0.1) is 0 Å². The van der Waals surface area contributed by atoms with Gasteiger partial charge in [0.05, 0.1) is 6.04 Å². The quantitative estimate of drug-likeness (QED) is 0.474. The average molecular weight is 123 g/mol. The number of hydrogen-bond donors (Lipinski definition) is 0. The lowest BCUT2D eigenvalue weighted by atomic mass is 10.1. The van der Waals surface area contributed by atoms with E-state index in [-0.39, 0.29) is 0 Å². The van der Waals surface area contributed by atoms with Crippen molar-refractivity contribution in [1.29, 1.82) is 0 Å². The average Bonchev–Trinajstić information content (AvgIpc) is 2.14. The molecule has 0 saturated carbocycles. The van der Waals surface area contributed by atoms with E-state index in [0.717, 1.165) is 6.42 Å². The molecule has 1 heterocycles. The minimum atomic E-state index is 0.435. The highest BCUT2D eigenvalue weighted by molar-refractivity contribution is 5.83. The second kappa shape index (κ2) is 2.34. The lowest BCUT2D eigenvalue weighted by Gasteiger charge is -2.02. The Hall–Kier alpha value is -0.590. The van der Waals surface area contributed by atoms with Crippen LogP contribution in [0.2, 0.25) is 0 Å². The Morgan fingerprint density at radius 2 is 2.44 bits per heavy atom. The van der Waals surface area contributed by atoms with Crippen LogP contribution in [0, 0.1) is 0 Å². The van der Waals surface area contributed by atoms with E-state index >= 15 is 0 Å². The van der Waals surface area contributed by atoms with Gasteiger partial charge in [-0.25, -0.2) is 0 Å². The van der Waals surface area contributed by atoms with Gasteiger partial charge in [0.2, 0.25) is 0 Å². The maximum atomic E-state index is 4.41. The van der Waals surface area contributed by atoms with Crippen LogP contribution < -0.4 is 0 Å². The van der Waals surface area contributed by atoms with Crippen LogP contribution in [0.1, 0.15) is 26.7 Å². The van der Waals surface area contributed by atoms with Gasteiger partial charge in [0.1, 0.15) is 0 Å². The van der Waals surface area contributed by atoms with E-state index in [4.69, 9.17) is 0 Å². The Morgan fingerprint density at radius 1 is 1.78 bits per heavy atom. The Kier molecular flexibility index (Phi) is 1.70. The molecule has 1 unspecified atom stereocenters. The zero-order valence-electron chi connectivity index (χ0n) is 6.15. The normalized spacial score (nSPS) is 26.0. The zero-order chi connectivity index (χ0) is 6.85. The minimum absolute atomic E-state index is 0.435. The fourth-order valence-corrected chi connectivity index (χ4v) is 1.10. The van der Waals surface area contributed by atoms with Crippen molar-refractivity contribution in [2.24, 2.45) is 4.99 Å². The van der Waals surface area contributed by atoms with Crippen molar-refractivity contribution < 1.29 is 0 Å². The van der Waals surface area contributed by atoms with E-state index in [0.29, 0.717) is 6.04 Å². The molecular formula is C8H13N. The summed E-state index contributed by atoms with van der Waals surface area (Å²) < 4.78 is 0. The van der Waals surface area contributed by atoms with Crippen molar-refractivity contribution in [1.82, 2.24) is 0 Å². The van der Waals surface area contributed by atoms with E-state index in [9.17, 15) is 0 Å². The van der Waals surface area contributed by atoms with Crippen LogP contribution >= 0.6 is 0 Å². The predicted octanol–water partition coefficient (Wildman–Crippen LogP) is 2.19. The molecule has 1 heteroatoms. The molecule has 0 aromatic rings. The summed E-state index contributed by atoms with van der Waals surface area (Å²) in [6.07, 6.45) is 2.35. The molecular weight excluding hydrogens is 110 g/mol. The summed E-state index contributed by atoms with van der Waals surface area (Å²) in [5.41, 5.74) is 2.48. The van der Waals surface area contributed by atoms with Crippen molar-refractivity contribution >= 4 is 5.71 Å². The molecule has 9 heavy (non-hydrogen) atoms. The van der Waals surface area contributed by atoms with Gasteiger partial charge in [0, 0.05) is 5.71 Å². The third-order valence-electron chi connectivity index (χ3n) is 1.72. The maximum Gasteiger partial charge on any atom is 0.0706 e. The van der Waals surface area contributed by atoms with Gasteiger partial charge >= 0.3 is 0 Å². The summed E-state index contributed by atoms with van der Waals surface area (Å²) in [7, 11) is 0. The lowest BCUT2D eigenvalue weighted by molar-refractivity contribution is 0.766. The molecule has 1 rings (SSSR count). The molecule has 1 aliphatic heterocycles. The molecule has 0 aromatic carbocycles. The zero-order valence-corrected chi connectivity index (χ0v) is 6.15. The second-order valence-corrected chi connectivity index (χ2v) is 2.77. The van der Waals surface area contributed by atoms with E-state index in [2.05, 4.69) is 18.5 Å². The van der Waals surface area contributed by atoms with Crippen molar-refractivity contribution in [2.45, 2.75) is 32.7 Å². The van der Waals surface area contributed by atoms with Gasteiger partial charge < -0.3 is 0 Å². The molecule has 0 amide bonds. The fraction of sp³-hybridized carbons (Fsp3) is 0.625. The number of rotatable bonds is 1. The van der Waals surface area contributed by atoms with Gasteiger partial charge in [0.25, 0.3) is 0 Å². The molecule has 1 atom stereocenters. The molecule has 0 fully saturated rings. The fourth-order valence-electron chi connectivity index (χ4n) is 1.10. The maximum absolute atomic E-state index is 4.41. The SMILES string of the molecule is C=C(C)C1CCC(C)=N1. The molecule has 0 aromatic heterocycles. The third-order valence-corrected chi connectivity index (χ3v) is 1.72. The summed E-state index contributed by atoms with van der Waals surface area (Å²) in [6.45, 7) is 8.00. The Bertz CT molecular complexity index is 156. The predicted molar refractivity (Wildman–Crippen MR) is 40.9 cm³/mol. The summed E-state index contributed by atoms with van der Waals surface area (Å²) >= 11 is 0. The lowest BCUT2D eigenvalue weighted by Crippen LogP contribution is -1.98. The van der Waals surface area contributed by atoms with E-state index in [1.54, 1.807) is 0 Å². The first kappa shape index (κ1) is 6.53. The topological polar surface area (TPSA) is 12.4 Å². The first-order chi connectivity index (χ1) is 4.20. The van der Waals surface area contributed by atoms with Crippen LogP contribution in [0.25, 0.3) is 0 Å². The van der Waals surface area contributed by atoms with Gasteiger partial charge in [-0.05, 0) is 26.7 Å². The Labute approximate surface area is 56.5 Å². The molecule has 0 saturated heterocycles. The van der Waals surface area contributed by atoms with E-state index < -0.39 is 0 Å². The van der Waals surface area contributed by atoms with E-state index in [1.165, 1.54) is 17.7 Å². The summed E-state index contributed by atoms with van der Waals surface area (Å²) in [4.78, 5) is 4.41. The molecule has 1 aliphatic rings. The van der Waals surface area contributed by atoms with Crippen LogP contribution in [0.5, 0.6) is 0 Å². The summed E-state index contributed by atoms with van der Waals surface area (Å²) in [5, 5.41) is 0. The molecule has 0 aliphatic carbocycles.